The van der Waals surface area contributed by atoms with E-state index in [0.717, 1.165) is 31.5 Å². The summed E-state index contributed by atoms with van der Waals surface area (Å²) < 4.78 is 28.1. The number of benzene rings is 1. The third kappa shape index (κ3) is 3.61. The van der Waals surface area contributed by atoms with Gasteiger partial charge in [-0.2, -0.15) is 0 Å². The first-order chi connectivity index (χ1) is 9.44. The quantitative estimate of drug-likeness (QED) is 0.877. The van der Waals surface area contributed by atoms with Crippen LogP contribution in [0.25, 0.3) is 0 Å². The number of rotatable bonds is 5. The van der Waals surface area contributed by atoms with Crippen molar-refractivity contribution in [3.05, 3.63) is 28.2 Å². The lowest BCUT2D eigenvalue weighted by Gasteiger charge is -2.23. The summed E-state index contributed by atoms with van der Waals surface area (Å²) >= 11 is 3.33. The zero-order chi connectivity index (χ0) is 14.8. The van der Waals surface area contributed by atoms with Crippen molar-refractivity contribution in [2.45, 2.75) is 37.6 Å². The highest BCUT2D eigenvalue weighted by molar-refractivity contribution is 9.10. The van der Waals surface area contributed by atoms with Gasteiger partial charge in [0, 0.05) is 17.1 Å². The zero-order valence-electron chi connectivity index (χ0n) is 11.9. The van der Waals surface area contributed by atoms with E-state index in [2.05, 4.69) is 32.5 Å². The van der Waals surface area contributed by atoms with Crippen LogP contribution in [0.2, 0.25) is 0 Å². The second kappa shape index (κ2) is 6.56. The first-order valence-electron chi connectivity index (χ1n) is 6.94. The summed E-state index contributed by atoms with van der Waals surface area (Å²) in [5, 5.41) is 0. The molecule has 2 rings (SSSR count). The number of sulfonamides is 1. The second-order valence-corrected chi connectivity index (χ2v) is 7.80. The lowest BCUT2D eigenvalue weighted by molar-refractivity contribution is 0.268. The fourth-order valence-electron chi connectivity index (χ4n) is 2.65. The van der Waals surface area contributed by atoms with Crippen LogP contribution in [0, 0.1) is 6.92 Å². The molecule has 20 heavy (non-hydrogen) atoms. The number of likely N-dealkylation sites (tertiary alicyclic amines) is 1. The van der Waals surface area contributed by atoms with Crippen LogP contribution in [0.4, 0.5) is 0 Å². The van der Waals surface area contributed by atoms with Crippen LogP contribution >= 0.6 is 15.9 Å². The number of halogens is 1. The van der Waals surface area contributed by atoms with E-state index in [-0.39, 0.29) is 0 Å². The summed E-state index contributed by atoms with van der Waals surface area (Å²) in [6.45, 7) is 6.57. The summed E-state index contributed by atoms with van der Waals surface area (Å²) in [5.41, 5.74) is 1.03. The molecule has 1 atom stereocenters. The topological polar surface area (TPSA) is 49.4 Å². The van der Waals surface area contributed by atoms with Crippen molar-refractivity contribution in [3.8, 4) is 0 Å². The number of aryl methyl sites for hydroxylation is 1. The Morgan fingerprint density at radius 2 is 2.20 bits per heavy atom. The molecule has 1 unspecified atom stereocenters. The number of likely N-dealkylation sites (N-methyl/N-ethyl adjacent to an activating group) is 1. The minimum Gasteiger partial charge on any atom is -0.299 e. The van der Waals surface area contributed by atoms with E-state index in [9.17, 15) is 8.42 Å². The fourth-order valence-corrected chi connectivity index (χ4v) is 4.91. The molecule has 0 aromatic heterocycles. The van der Waals surface area contributed by atoms with E-state index >= 15 is 0 Å². The minimum absolute atomic E-state index is 0.309. The van der Waals surface area contributed by atoms with Gasteiger partial charge in [-0.3, -0.25) is 4.90 Å². The second-order valence-electron chi connectivity index (χ2n) is 5.21. The number of nitrogens with zero attached hydrogens (tertiary/aromatic N) is 1. The Balaban J connectivity index is 2.07. The summed E-state index contributed by atoms with van der Waals surface area (Å²) in [7, 11) is -3.45. The van der Waals surface area contributed by atoms with Crippen LogP contribution in [0.15, 0.2) is 27.6 Å². The molecule has 1 aliphatic rings. The average molecular weight is 361 g/mol. The van der Waals surface area contributed by atoms with Gasteiger partial charge in [0.1, 0.15) is 0 Å². The molecule has 1 aromatic carbocycles. The van der Waals surface area contributed by atoms with Crippen molar-refractivity contribution in [3.63, 3.8) is 0 Å². The molecule has 4 nitrogen and oxygen atoms in total. The molecule has 1 fully saturated rings. The average Bonchev–Trinajstić information content (AvgIpc) is 2.83. The molecular formula is C14H21BrN2O2S. The van der Waals surface area contributed by atoms with Crippen molar-refractivity contribution in [2.75, 3.05) is 19.6 Å². The smallest absolute Gasteiger partial charge is 0.241 e. The van der Waals surface area contributed by atoms with Crippen molar-refractivity contribution in [1.29, 1.82) is 0 Å². The number of nitrogens with one attached hydrogen (secondary N) is 1. The van der Waals surface area contributed by atoms with Crippen LogP contribution in [-0.2, 0) is 10.0 Å². The van der Waals surface area contributed by atoms with Gasteiger partial charge in [-0.1, -0.05) is 13.0 Å². The van der Waals surface area contributed by atoms with Gasteiger partial charge in [-0.05, 0) is 66.5 Å². The zero-order valence-corrected chi connectivity index (χ0v) is 14.3. The Morgan fingerprint density at radius 1 is 1.45 bits per heavy atom. The van der Waals surface area contributed by atoms with Crippen LogP contribution in [0.3, 0.4) is 0 Å². The Bertz CT molecular complexity index is 575. The lowest BCUT2D eigenvalue weighted by Crippen LogP contribution is -2.40. The van der Waals surface area contributed by atoms with Gasteiger partial charge < -0.3 is 0 Å². The summed E-state index contributed by atoms with van der Waals surface area (Å²) in [4.78, 5) is 2.64. The first-order valence-corrected chi connectivity index (χ1v) is 9.21. The highest BCUT2D eigenvalue weighted by Gasteiger charge is 2.25. The molecule has 1 N–H and O–H groups in total. The van der Waals surface area contributed by atoms with Gasteiger partial charge in [0.2, 0.25) is 10.0 Å². The SMILES string of the molecule is CCN1CCCC1CNS(=O)(=O)c1ccc(C)cc1Br. The molecule has 0 radical (unpaired) electrons. The molecule has 1 heterocycles. The van der Waals surface area contributed by atoms with Crippen molar-refractivity contribution >= 4 is 26.0 Å². The summed E-state index contributed by atoms with van der Waals surface area (Å²) in [6.07, 6.45) is 2.21. The number of hydrogen-bond donors (Lipinski definition) is 1. The van der Waals surface area contributed by atoms with Crippen LogP contribution in [-0.4, -0.2) is 39.0 Å². The predicted octanol–water partition coefficient (Wildman–Crippen LogP) is 2.52. The van der Waals surface area contributed by atoms with Gasteiger partial charge in [0.25, 0.3) is 0 Å². The molecule has 6 heteroatoms. The van der Waals surface area contributed by atoms with Crippen molar-refractivity contribution in [2.24, 2.45) is 0 Å². The van der Waals surface area contributed by atoms with E-state index in [1.54, 1.807) is 6.07 Å². The molecule has 0 spiro atoms. The highest BCUT2D eigenvalue weighted by atomic mass is 79.9. The maximum absolute atomic E-state index is 12.4. The molecule has 1 aliphatic heterocycles. The van der Waals surface area contributed by atoms with Gasteiger partial charge in [0.15, 0.2) is 0 Å². The van der Waals surface area contributed by atoms with E-state index < -0.39 is 10.0 Å². The summed E-state index contributed by atoms with van der Waals surface area (Å²) in [5.74, 6) is 0. The van der Waals surface area contributed by atoms with Crippen molar-refractivity contribution in [1.82, 2.24) is 9.62 Å². The van der Waals surface area contributed by atoms with E-state index in [1.165, 1.54) is 0 Å². The minimum atomic E-state index is -3.45. The molecule has 0 saturated carbocycles. The Morgan fingerprint density at radius 3 is 2.85 bits per heavy atom. The Labute approximate surface area is 129 Å². The van der Waals surface area contributed by atoms with E-state index in [1.807, 2.05) is 19.1 Å². The maximum atomic E-state index is 12.4. The highest BCUT2D eigenvalue weighted by Crippen LogP contribution is 2.23. The standard InChI is InChI=1S/C14H21BrN2O2S/c1-3-17-8-4-5-12(17)10-16-20(18,19)14-7-6-11(2)9-13(14)15/h6-7,9,12,16H,3-5,8,10H2,1-2H3. The van der Waals surface area contributed by atoms with Crippen molar-refractivity contribution < 1.29 is 8.42 Å². The first kappa shape index (κ1) is 15.9. The molecule has 0 bridgehead atoms. The largest absolute Gasteiger partial charge is 0.299 e. The normalized spacial score (nSPS) is 20.4. The third-order valence-electron chi connectivity index (χ3n) is 3.79. The van der Waals surface area contributed by atoms with E-state index in [4.69, 9.17) is 0 Å². The van der Waals surface area contributed by atoms with Gasteiger partial charge in [0.05, 0.1) is 4.90 Å². The lowest BCUT2D eigenvalue weighted by atomic mass is 10.2. The monoisotopic (exact) mass is 360 g/mol. The Kier molecular flexibility index (Phi) is 5.23. The molecular weight excluding hydrogens is 340 g/mol. The van der Waals surface area contributed by atoms with Gasteiger partial charge >= 0.3 is 0 Å². The molecule has 112 valence electrons. The van der Waals surface area contributed by atoms with Crippen LogP contribution < -0.4 is 4.72 Å². The Hall–Kier alpha value is -0.430. The third-order valence-corrected chi connectivity index (χ3v) is 6.19. The van der Waals surface area contributed by atoms with Gasteiger partial charge in [-0.25, -0.2) is 13.1 Å². The molecule has 1 saturated heterocycles. The molecule has 0 aliphatic carbocycles. The molecule has 1 aromatic rings. The van der Waals surface area contributed by atoms with Crippen LogP contribution in [0.1, 0.15) is 25.3 Å². The predicted molar refractivity (Wildman–Crippen MR) is 84.3 cm³/mol. The van der Waals surface area contributed by atoms with Crippen LogP contribution in [0.5, 0.6) is 0 Å². The van der Waals surface area contributed by atoms with Gasteiger partial charge in [-0.15, -0.1) is 0 Å². The molecule has 0 amide bonds. The summed E-state index contributed by atoms with van der Waals surface area (Å²) in [6, 6.07) is 5.60. The number of hydrogen-bond acceptors (Lipinski definition) is 3. The van der Waals surface area contributed by atoms with E-state index in [0.29, 0.717) is 22.0 Å². The maximum Gasteiger partial charge on any atom is 0.241 e. The fraction of sp³-hybridized carbons (Fsp3) is 0.571.